The number of nitrogens with one attached hydrogen (secondary N) is 2. The number of H-pyrrole nitrogens is 2. The Hall–Kier alpha value is -18.0. The SMILES string of the molecule is C1=c2cccc3c2=[N+]2C1=C(c1ccccc1)c1cc4cccc5c4n1C21[n+]2c-5ccc4c5c(c6ccc-3[n+]1c6c42)N=C(c1cc(-c2nc3c4ccc6[n+]7c4c4c(ccc8[n+]4C74n7c(cc9cccc-6c97)C(c6ccccc6)c6cc7cccc-8c7n64)c3[nH]2)cc(-c2nc3c4ccc6[n+]7c4c4c(ccc8[n+]4C74n7c(cc9cccc-6c97)C(c6ccccc6)c6cc7cccc-8c7n64)c3[nH]2)c1)C5. The molecular formula is C118H60N17+7. The minimum atomic E-state index is -0.892. The van der Waals surface area contributed by atoms with Gasteiger partial charge in [0.25, 0.3) is 22.1 Å². The van der Waals surface area contributed by atoms with Crippen LogP contribution in [0, 0.1) is 0 Å². The molecule has 0 bridgehead atoms. The number of pyridine rings is 6. The second-order valence-electron chi connectivity index (χ2n) is 39.9. The number of hydrogen-bond acceptors (Lipinski definition) is 3. The molecule has 0 aliphatic carbocycles. The molecule has 0 fully saturated rings. The Labute approximate surface area is 760 Å². The molecule has 5 unspecified atom stereocenters. The summed E-state index contributed by atoms with van der Waals surface area (Å²) in [5.74, 6) is -1.22. The van der Waals surface area contributed by atoms with Gasteiger partial charge in [0.05, 0.1) is 138 Å². The number of imidazole rings is 2. The minimum Gasteiger partial charge on any atom is -0.337 e. The van der Waals surface area contributed by atoms with E-state index in [1.807, 2.05) is 0 Å². The van der Waals surface area contributed by atoms with Crippen LogP contribution in [0.4, 0.5) is 5.69 Å². The van der Waals surface area contributed by atoms with Crippen LogP contribution in [0.2, 0.25) is 0 Å². The number of allylic oxidation sites excluding steroid dienone is 1. The highest BCUT2D eigenvalue weighted by Gasteiger charge is 2.81. The van der Waals surface area contributed by atoms with Crippen molar-refractivity contribution in [3.63, 3.8) is 0 Å². The van der Waals surface area contributed by atoms with E-state index < -0.39 is 17.7 Å². The van der Waals surface area contributed by atoms with Gasteiger partial charge in [0.2, 0.25) is 45.2 Å². The Balaban J connectivity index is 0.576. The van der Waals surface area contributed by atoms with Crippen LogP contribution in [0.3, 0.4) is 0 Å². The van der Waals surface area contributed by atoms with E-state index in [9.17, 15) is 0 Å². The van der Waals surface area contributed by atoms with Crippen LogP contribution in [0.25, 0.3) is 244 Å². The first-order valence-electron chi connectivity index (χ1n) is 47.2. The molecule has 14 aliphatic rings. The lowest BCUT2D eigenvalue weighted by Crippen LogP contribution is -2.85. The summed E-state index contributed by atoms with van der Waals surface area (Å²) < 4.78 is 32.7. The summed E-state index contributed by atoms with van der Waals surface area (Å²) in [6.07, 6.45) is 3.05. The Morgan fingerprint density at radius 2 is 0.704 bits per heavy atom. The molecule has 0 amide bonds. The van der Waals surface area contributed by atoms with E-state index in [4.69, 9.17) is 15.0 Å². The van der Waals surface area contributed by atoms with Crippen LogP contribution in [0.5, 0.6) is 0 Å². The van der Waals surface area contributed by atoms with E-state index in [1.165, 1.54) is 222 Å². The van der Waals surface area contributed by atoms with Gasteiger partial charge in [0.15, 0.2) is 0 Å². The molecule has 3 spiro atoms. The van der Waals surface area contributed by atoms with Crippen molar-refractivity contribution in [1.82, 2.24) is 47.3 Å². The van der Waals surface area contributed by atoms with Gasteiger partial charge in [-0.15, -0.1) is 0 Å². The fourth-order valence-electron chi connectivity index (χ4n) is 30.2. The van der Waals surface area contributed by atoms with Crippen molar-refractivity contribution in [2.45, 2.75) is 36.0 Å². The molecule has 40 rings (SSSR count). The van der Waals surface area contributed by atoms with Crippen LogP contribution < -0.4 is 42.6 Å². The van der Waals surface area contributed by atoms with Gasteiger partial charge in [-0.1, -0.05) is 176 Å². The summed E-state index contributed by atoms with van der Waals surface area (Å²) >= 11 is 0. The van der Waals surface area contributed by atoms with Gasteiger partial charge < -0.3 is 9.97 Å². The van der Waals surface area contributed by atoms with Crippen LogP contribution in [-0.4, -0.2) is 48.5 Å². The van der Waals surface area contributed by atoms with Gasteiger partial charge >= 0.3 is 28.8 Å². The Morgan fingerprint density at radius 3 is 1.19 bits per heavy atom. The lowest BCUT2D eigenvalue weighted by molar-refractivity contribution is -0.968. The van der Waals surface area contributed by atoms with Gasteiger partial charge in [0.1, 0.15) is 28.2 Å². The maximum absolute atomic E-state index is 6.20. The molecule has 17 heteroatoms. The summed E-state index contributed by atoms with van der Waals surface area (Å²) in [6.45, 7) is 0. The third-order valence-corrected chi connectivity index (χ3v) is 34.5. The van der Waals surface area contributed by atoms with Gasteiger partial charge in [0, 0.05) is 110 Å². The van der Waals surface area contributed by atoms with Crippen LogP contribution >= 0.6 is 0 Å². The number of para-hydroxylation sites is 6. The zero-order valence-electron chi connectivity index (χ0n) is 71.2. The number of aromatic amines is 2. The molecule has 27 heterocycles. The number of rotatable bonds is 6. The topological polar surface area (TPSA) is 121 Å². The molecule has 17 nitrogen and oxygen atoms in total. The highest BCUT2D eigenvalue weighted by molar-refractivity contribution is 6.24. The lowest BCUT2D eigenvalue weighted by Gasteiger charge is -2.39. The molecule has 610 valence electrons. The maximum Gasteiger partial charge on any atom is 0.667 e. The number of nitrogens with zero attached hydrogens (tertiary/aromatic N) is 15. The van der Waals surface area contributed by atoms with E-state index in [0.29, 0.717) is 6.42 Å². The molecule has 0 saturated carbocycles. The van der Waals surface area contributed by atoms with Crippen LogP contribution in [0.1, 0.15) is 68.1 Å². The second kappa shape index (κ2) is 20.2. The first kappa shape index (κ1) is 64.7. The molecule has 14 aliphatic heterocycles. The third kappa shape index (κ3) is 6.23. The predicted molar refractivity (Wildman–Crippen MR) is 519 cm³/mol. The van der Waals surface area contributed by atoms with Crippen LogP contribution in [0.15, 0.2) is 332 Å². The van der Waals surface area contributed by atoms with Gasteiger partial charge in [-0.05, 0) is 169 Å². The number of aliphatic imine (C=N–C) groups is 1. The first-order chi connectivity index (χ1) is 67.0. The van der Waals surface area contributed by atoms with E-state index >= 15 is 0 Å². The number of aromatic nitrogens is 15. The van der Waals surface area contributed by atoms with Crippen LogP contribution in [-0.2, 0) is 24.2 Å². The van der Waals surface area contributed by atoms with Crippen molar-refractivity contribution in [3.8, 4) is 90.3 Å². The average Bonchev–Trinajstić information content (AvgIpc) is 1.46. The predicted octanol–water partition coefficient (Wildman–Crippen LogP) is 18.5. The minimum absolute atomic E-state index is 0.0366. The molecule has 0 saturated heterocycles. The van der Waals surface area contributed by atoms with Crippen molar-refractivity contribution < 1.29 is 27.4 Å². The van der Waals surface area contributed by atoms with Crippen molar-refractivity contribution in [3.05, 3.63) is 394 Å². The number of benzene rings is 13. The molecule has 26 aromatic rings. The molecule has 135 heavy (non-hydrogen) atoms. The van der Waals surface area contributed by atoms with Gasteiger partial charge in [-0.3, -0.25) is 4.99 Å². The number of hydrogen-bond donors (Lipinski definition) is 2. The number of fused-ring (bicyclic) bond motifs is 15. The van der Waals surface area contributed by atoms with Crippen molar-refractivity contribution in [2.75, 3.05) is 0 Å². The molecular weight excluding hydrogens is 1660 g/mol. The molecule has 13 aromatic carbocycles. The monoisotopic (exact) mass is 1710 g/mol. The van der Waals surface area contributed by atoms with E-state index in [2.05, 4.69) is 392 Å². The largest absolute Gasteiger partial charge is 0.667 e. The van der Waals surface area contributed by atoms with E-state index in [0.717, 1.165) is 99.8 Å². The van der Waals surface area contributed by atoms with E-state index in [1.54, 1.807) is 0 Å². The van der Waals surface area contributed by atoms with Crippen molar-refractivity contribution in [2.24, 2.45) is 4.99 Å². The summed E-state index contributed by atoms with van der Waals surface area (Å²) in [5, 5.41) is 15.4. The highest BCUT2D eigenvalue weighted by atomic mass is 15.6. The fourth-order valence-corrected chi connectivity index (χ4v) is 30.2. The van der Waals surface area contributed by atoms with Gasteiger partial charge in [-0.25, -0.2) is 28.2 Å². The highest BCUT2D eigenvalue weighted by Crippen LogP contribution is 2.61. The zero-order chi connectivity index (χ0) is 85.5. The zero-order valence-corrected chi connectivity index (χ0v) is 71.2. The van der Waals surface area contributed by atoms with Crippen molar-refractivity contribution in [1.29, 1.82) is 0 Å². The molecule has 5 atom stereocenters. The van der Waals surface area contributed by atoms with E-state index in [-0.39, 0.29) is 11.8 Å². The lowest BCUT2D eigenvalue weighted by atomic mass is 9.90. The van der Waals surface area contributed by atoms with Crippen molar-refractivity contribution >= 4 is 165 Å². The summed E-state index contributed by atoms with van der Waals surface area (Å²) in [6, 6.07) is 124. The standard InChI is InChI=1S/C118H58N17/c1-4-16-56(17-5-1)94-88-49-59-22-10-28-69-82-40-34-68-80-55-81(119-97(80)75-35-41-83-70-29-11-23-60-50-89(94)131(103(60)70)116(130(88)102(59)69)124(82)108(68)109(75)125(83)116)65-46-66(114-120-98-76-36-42-84-71-30-12-24-61-51-90-95(57-18-6-2-7-19-57)91-52-62-25-13-31-72-85-43-37-77(99(98)121-114)111-110(76)126(84)117(127(85)111,132(90)104(61)71)133(91)105(62)72)48-67(47-65)115-122-100-78-38-44-86-73-32-14-26-63-53-92-96(58-20-8-3-9-21-58)93-54-64-27-15-33-74-87-45-39-79(101(100)123-115)113-112(78)128(86)118(129(87)113,134(92)106(63)73)135(93)107(64)74/h1-54,95-96H,55H2/q+5/p+2. The average molecular weight is 1720 g/mol. The smallest absolute Gasteiger partial charge is 0.337 e. The summed E-state index contributed by atoms with van der Waals surface area (Å²) in [7, 11) is 0. The normalized spacial score (nSPS) is 17.3. The Kier molecular flexibility index (Phi) is 9.66. The fraction of sp³-hybridized carbons (Fsp3) is 0.0508. The third-order valence-electron chi connectivity index (χ3n) is 34.5. The Bertz CT molecular complexity index is 10300. The van der Waals surface area contributed by atoms with Gasteiger partial charge in [-0.2, -0.15) is 4.57 Å². The molecule has 13 aromatic heterocycles. The second-order valence-corrected chi connectivity index (χ2v) is 39.9. The quantitative estimate of drug-likeness (QED) is 0.127. The maximum atomic E-state index is 6.20. The molecule has 0 radical (unpaired) electrons. The first-order valence-corrected chi connectivity index (χ1v) is 47.2. The summed E-state index contributed by atoms with van der Waals surface area (Å²) in [4.78, 5) is 26.9. The summed E-state index contributed by atoms with van der Waals surface area (Å²) in [5.41, 5.74) is 50.1. The molecule has 2 N–H and O–H groups in total. The Morgan fingerprint density at radius 1 is 0.319 bits per heavy atom.